The second kappa shape index (κ2) is 10.4. The summed E-state index contributed by atoms with van der Waals surface area (Å²) in [5.41, 5.74) is 4.36. The lowest BCUT2D eigenvalue weighted by Crippen LogP contribution is -2.22. The van der Waals surface area contributed by atoms with Crippen LogP contribution in [0.4, 0.5) is 5.69 Å². The summed E-state index contributed by atoms with van der Waals surface area (Å²) < 4.78 is 11.4. The zero-order valence-electron chi connectivity index (χ0n) is 19.2. The summed E-state index contributed by atoms with van der Waals surface area (Å²) in [6, 6.07) is 9.98. The van der Waals surface area contributed by atoms with Crippen molar-refractivity contribution < 1.29 is 19.2 Å². The van der Waals surface area contributed by atoms with E-state index in [9.17, 15) is 14.9 Å². The van der Waals surface area contributed by atoms with Crippen LogP contribution in [0.5, 0.6) is 11.5 Å². The number of hydrogen-bond acceptors (Lipinski definition) is 6. The lowest BCUT2D eigenvalue weighted by atomic mass is 10.1. The van der Waals surface area contributed by atoms with Crippen molar-refractivity contribution in [1.29, 1.82) is 0 Å². The van der Waals surface area contributed by atoms with Crippen molar-refractivity contribution >= 4 is 41.0 Å². The molecule has 0 unspecified atom stereocenters. The van der Waals surface area contributed by atoms with Crippen LogP contribution in [0.3, 0.4) is 0 Å². The Morgan fingerprint density at radius 2 is 2.00 bits per heavy atom. The Kier molecular flexibility index (Phi) is 7.84. The SMILES string of the molecule is COc1ccc(/C=N\NC(=O)[C@H]2[C@@H](C=C(Cl)Cl)C2(C)C)cc1COc1ccc([N+](=O)[O-])c(C)c1. The minimum absolute atomic E-state index is 0.0351. The van der Waals surface area contributed by atoms with Crippen LogP contribution in [-0.2, 0) is 11.4 Å². The second-order valence-electron chi connectivity index (χ2n) is 8.58. The molecule has 10 heteroatoms. The van der Waals surface area contributed by atoms with Gasteiger partial charge in [-0.2, -0.15) is 5.10 Å². The zero-order chi connectivity index (χ0) is 25.0. The second-order valence-corrected chi connectivity index (χ2v) is 9.59. The van der Waals surface area contributed by atoms with Gasteiger partial charge in [0.25, 0.3) is 5.69 Å². The number of nitrogens with zero attached hydrogens (tertiary/aromatic N) is 2. The van der Waals surface area contributed by atoms with Gasteiger partial charge in [0, 0.05) is 17.2 Å². The standard InChI is InChI=1S/C24H25Cl2N3O5/c1-14-9-17(6-7-19(14)29(31)32)34-13-16-10-15(5-8-20(16)33-4)12-27-28-23(30)22-18(11-21(25)26)24(22,2)3/h5-12,18,22H,13H2,1-4H3,(H,28,30)/b27-12-/t18-,22-/m1/s1. The molecule has 180 valence electrons. The minimum atomic E-state index is -0.433. The van der Waals surface area contributed by atoms with Crippen molar-refractivity contribution in [2.75, 3.05) is 7.11 Å². The highest BCUT2D eigenvalue weighted by Crippen LogP contribution is 2.59. The van der Waals surface area contributed by atoms with Crippen molar-refractivity contribution in [2.24, 2.45) is 22.4 Å². The van der Waals surface area contributed by atoms with Crippen LogP contribution in [0, 0.1) is 34.3 Å². The minimum Gasteiger partial charge on any atom is -0.496 e. The van der Waals surface area contributed by atoms with Gasteiger partial charge >= 0.3 is 0 Å². The van der Waals surface area contributed by atoms with E-state index in [-0.39, 0.29) is 39.9 Å². The first-order valence-corrected chi connectivity index (χ1v) is 11.2. The summed E-state index contributed by atoms with van der Waals surface area (Å²) in [5, 5.41) is 15.1. The number of carbonyl (C=O) groups is 1. The molecule has 0 spiro atoms. The molecule has 1 saturated carbocycles. The number of aryl methyl sites for hydroxylation is 1. The van der Waals surface area contributed by atoms with Crippen molar-refractivity contribution in [3.8, 4) is 11.5 Å². The number of ether oxygens (including phenoxy) is 2. The van der Waals surface area contributed by atoms with Crippen molar-refractivity contribution in [3.05, 3.63) is 73.8 Å². The van der Waals surface area contributed by atoms with E-state index < -0.39 is 4.92 Å². The fourth-order valence-corrected chi connectivity index (χ4v) is 4.21. The van der Waals surface area contributed by atoms with Crippen molar-refractivity contribution in [1.82, 2.24) is 5.43 Å². The first kappa shape index (κ1) is 25.5. The van der Waals surface area contributed by atoms with Gasteiger partial charge in [0.2, 0.25) is 5.91 Å². The molecule has 1 aliphatic rings. The number of nitro groups is 1. The number of nitro benzene ring substituents is 1. The number of halogens is 2. The Labute approximate surface area is 207 Å². The quantitative estimate of drug-likeness (QED) is 0.274. The molecule has 2 atom stereocenters. The van der Waals surface area contributed by atoms with Crippen LogP contribution < -0.4 is 14.9 Å². The molecule has 3 rings (SSSR count). The summed E-state index contributed by atoms with van der Waals surface area (Å²) in [5.74, 6) is 0.613. The molecule has 1 amide bonds. The van der Waals surface area contributed by atoms with Crippen molar-refractivity contribution in [3.63, 3.8) is 0 Å². The zero-order valence-corrected chi connectivity index (χ0v) is 20.7. The number of nitrogens with one attached hydrogen (secondary N) is 1. The number of rotatable bonds is 9. The van der Waals surface area contributed by atoms with Gasteiger partial charge in [0.05, 0.1) is 24.2 Å². The molecule has 0 saturated heterocycles. The maximum atomic E-state index is 12.5. The summed E-state index contributed by atoms with van der Waals surface area (Å²) in [7, 11) is 1.55. The third-order valence-electron chi connectivity index (χ3n) is 5.95. The number of amides is 1. The molecule has 8 nitrogen and oxygen atoms in total. The van der Waals surface area contributed by atoms with Crippen LogP contribution in [-0.4, -0.2) is 24.2 Å². The lowest BCUT2D eigenvalue weighted by Gasteiger charge is -2.11. The van der Waals surface area contributed by atoms with Gasteiger partial charge in [-0.1, -0.05) is 37.0 Å². The number of benzene rings is 2. The van der Waals surface area contributed by atoms with E-state index in [2.05, 4.69) is 10.5 Å². The molecule has 0 radical (unpaired) electrons. The van der Waals surface area contributed by atoms with Crippen LogP contribution >= 0.6 is 23.2 Å². The largest absolute Gasteiger partial charge is 0.496 e. The molecular formula is C24H25Cl2N3O5. The molecule has 1 N–H and O–H groups in total. The average Bonchev–Trinajstić information content (AvgIpc) is 3.30. The maximum absolute atomic E-state index is 12.5. The predicted molar refractivity (Wildman–Crippen MR) is 131 cm³/mol. The molecule has 1 aliphatic carbocycles. The van der Waals surface area contributed by atoms with E-state index in [4.69, 9.17) is 32.7 Å². The van der Waals surface area contributed by atoms with Gasteiger partial charge in [0.15, 0.2) is 0 Å². The van der Waals surface area contributed by atoms with E-state index in [1.165, 1.54) is 12.3 Å². The monoisotopic (exact) mass is 505 g/mol. The summed E-state index contributed by atoms with van der Waals surface area (Å²) in [4.78, 5) is 23.1. The fraction of sp³-hybridized carbons (Fsp3) is 0.333. The molecule has 2 aromatic carbocycles. The Balaban J connectivity index is 1.65. The Hall–Kier alpha value is -3.10. The molecule has 2 aromatic rings. The smallest absolute Gasteiger partial charge is 0.272 e. The number of methoxy groups -OCH3 is 1. The third-order valence-corrected chi connectivity index (χ3v) is 6.20. The van der Waals surface area contributed by atoms with Gasteiger partial charge in [-0.3, -0.25) is 14.9 Å². The van der Waals surface area contributed by atoms with Crippen LogP contribution in [0.1, 0.15) is 30.5 Å². The third kappa shape index (κ3) is 5.87. The Morgan fingerprint density at radius 3 is 2.62 bits per heavy atom. The lowest BCUT2D eigenvalue weighted by molar-refractivity contribution is -0.385. The molecule has 0 heterocycles. The van der Waals surface area contributed by atoms with Gasteiger partial charge in [0.1, 0.15) is 22.6 Å². The molecular weight excluding hydrogens is 481 g/mol. The number of hydrogen-bond donors (Lipinski definition) is 1. The van der Waals surface area contributed by atoms with Gasteiger partial charge < -0.3 is 9.47 Å². The number of carbonyl (C=O) groups excluding carboxylic acids is 1. The highest BCUT2D eigenvalue weighted by molar-refractivity contribution is 6.55. The molecule has 0 bridgehead atoms. The Bertz CT molecular complexity index is 1160. The van der Waals surface area contributed by atoms with E-state index in [1.54, 1.807) is 44.4 Å². The van der Waals surface area contributed by atoms with Crippen LogP contribution in [0.2, 0.25) is 0 Å². The molecule has 34 heavy (non-hydrogen) atoms. The van der Waals surface area contributed by atoms with E-state index in [0.29, 0.717) is 17.1 Å². The van der Waals surface area contributed by atoms with E-state index in [1.807, 2.05) is 19.9 Å². The summed E-state index contributed by atoms with van der Waals surface area (Å²) >= 11 is 11.5. The van der Waals surface area contributed by atoms with Crippen LogP contribution in [0.25, 0.3) is 0 Å². The van der Waals surface area contributed by atoms with Crippen LogP contribution in [0.15, 0.2) is 52.1 Å². The maximum Gasteiger partial charge on any atom is 0.272 e. The predicted octanol–water partition coefficient (Wildman–Crippen LogP) is 5.53. The first-order valence-electron chi connectivity index (χ1n) is 10.4. The Morgan fingerprint density at radius 1 is 1.26 bits per heavy atom. The average molecular weight is 506 g/mol. The highest BCUT2D eigenvalue weighted by Gasteiger charge is 2.60. The fourth-order valence-electron chi connectivity index (χ4n) is 3.94. The van der Waals surface area contributed by atoms with Gasteiger partial charge in [-0.25, -0.2) is 5.43 Å². The van der Waals surface area contributed by atoms with Gasteiger partial charge in [-0.15, -0.1) is 0 Å². The molecule has 0 aromatic heterocycles. The van der Waals surface area contributed by atoms with Gasteiger partial charge in [-0.05, 0) is 60.2 Å². The number of allylic oxidation sites excluding steroid dienone is 1. The summed E-state index contributed by atoms with van der Waals surface area (Å²) in [6.07, 6.45) is 3.21. The topological polar surface area (TPSA) is 103 Å². The number of hydrazone groups is 1. The van der Waals surface area contributed by atoms with E-state index in [0.717, 1.165) is 11.1 Å². The molecule has 0 aliphatic heterocycles. The van der Waals surface area contributed by atoms with E-state index >= 15 is 0 Å². The normalized spacial score (nSPS) is 18.3. The van der Waals surface area contributed by atoms with Crippen molar-refractivity contribution in [2.45, 2.75) is 27.4 Å². The summed E-state index contributed by atoms with van der Waals surface area (Å²) in [6.45, 7) is 5.78. The highest BCUT2D eigenvalue weighted by atomic mass is 35.5. The first-order chi connectivity index (χ1) is 16.0. The molecule has 1 fully saturated rings.